The second-order valence-corrected chi connectivity index (χ2v) is 9.30. The lowest BCUT2D eigenvalue weighted by atomic mass is 9.77. The van der Waals surface area contributed by atoms with E-state index in [2.05, 4.69) is 40.6 Å². The second kappa shape index (κ2) is 9.06. The summed E-state index contributed by atoms with van der Waals surface area (Å²) in [6, 6.07) is 36.3. The van der Waals surface area contributed by atoms with Crippen LogP contribution < -0.4 is 9.47 Å². The Morgan fingerprint density at radius 3 is 2.16 bits per heavy atom. The van der Waals surface area contributed by atoms with Crippen molar-refractivity contribution in [1.82, 2.24) is 9.78 Å². The van der Waals surface area contributed by atoms with Gasteiger partial charge in [-0.1, -0.05) is 66.7 Å². The predicted octanol–water partition coefficient (Wildman–Crippen LogP) is 7.49. The van der Waals surface area contributed by atoms with E-state index in [1.807, 2.05) is 83.5 Å². The first-order valence-electron chi connectivity index (χ1n) is 12.5. The molecule has 180 valence electrons. The zero-order valence-electron chi connectivity index (χ0n) is 20.1. The van der Waals surface area contributed by atoms with E-state index in [9.17, 15) is 0 Å². The second-order valence-electron chi connectivity index (χ2n) is 9.30. The molecule has 37 heavy (non-hydrogen) atoms. The summed E-state index contributed by atoms with van der Waals surface area (Å²) in [7, 11) is 0. The van der Waals surface area contributed by atoms with Crippen LogP contribution in [0.2, 0.25) is 0 Å². The normalized spacial score (nSPS) is 17.8. The highest BCUT2D eigenvalue weighted by Gasteiger charge is 2.42. The van der Waals surface area contributed by atoms with Gasteiger partial charge in [-0.15, -0.1) is 0 Å². The molecule has 2 atom stereocenters. The van der Waals surface area contributed by atoms with Crippen molar-refractivity contribution in [2.75, 3.05) is 13.2 Å². The molecule has 5 aromatic rings. The van der Waals surface area contributed by atoms with Crippen LogP contribution in [0.1, 0.15) is 17.0 Å². The molecule has 0 fully saturated rings. The lowest BCUT2D eigenvalue weighted by molar-refractivity contribution is 0.121. The summed E-state index contributed by atoms with van der Waals surface area (Å²) in [5.41, 5.74) is 6.75. The minimum absolute atomic E-state index is 0.0621. The molecule has 2 aliphatic rings. The number of fused-ring (bicyclic) bond motifs is 5. The van der Waals surface area contributed by atoms with Crippen LogP contribution in [0.5, 0.6) is 11.6 Å². The van der Waals surface area contributed by atoms with Crippen molar-refractivity contribution >= 4 is 11.4 Å². The van der Waals surface area contributed by atoms with Crippen molar-refractivity contribution in [2.45, 2.75) is 5.92 Å². The monoisotopic (exact) mass is 484 g/mol. The molecule has 0 spiro atoms. The van der Waals surface area contributed by atoms with Gasteiger partial charge in [0.05, 0.1) is 35.8 Å². The summed E-state index contributed by atoms with van der Waals surface area (Å²) in [4.78, 5) is 0. The molecule has 0 saturated heterocycles. The van der Waals surface area contributed by atoms with Crippen molar-refractivity contribution < 1.29 is 9.47 Å². The smallest absolute Gasteiger partial charge is 0.221 e. The van der Waals surface area contributed by atoms with Gasteiger partial charge in [-0.3, -0.25) is 0 Å². The van der Waals surface area contributed by atoms with Gasteiger partial charge >= 0.3 is 0 Å². The topological polar surface area (TPSA) is 61.0 Å². The molecular weight excluding hydrogens is 460 g/mol. The van der Waals surface area contributed by atoms with Crippen LogP contribution in [0, 0.1) is 5.92 Å². The molecule has 1 aromatic heterocycles. The third kappa shape index (κ3) is 3.87. The number of para-hydroxylation sites is 1. The number of rotatable bonds is 4. The quantitative estimate of drug-likeness (QED) is 0.248. The summed E-state index contributed by atoms with van der Waals surface area (Å²) in [5.74, 6) is 1.89. The minimum Gasteiger partial charge on any atom is -0.493 e. The van der Waals surface area contributed by atoms with Crippen molar-refractivity contribution in [3.63, 3.8) is 0 Å². The molecular formula is C31H24N4O2. The molecule has 0 bridgehead atoms. The fourth-order valence-electron chi connectivity index (χ4n) is 5.24. The number of nitrogens with zero attached hydrogens (tertiary/aromatic N) is 4. The van der Waals surface area contributed by atoms with Crippen LogP contribution in [0.15, 0.2) is 119 Å². The Morgan fingerprint density at radius 2 is 1.38 bits per heavy atom. The molecule has 2 aliphatic heterocycles. The van der Waals surface area contributed by atoms with Crippen LogP contribution in [0.3, 0.4) is 0 Å². The molecule has 0 N–H and O–H groups in total. The number of ether oxygens (including phenoxy) is 2. The van der Waals surface area contributed by atoms with Gasteiger partial charge < -0.3 is 9.47 Å². The first-order chi connectivity index (χ1) is 18.3. The third-order valence-electron chi connectivity index (χ3n) is 6.96. The van der Waals surface area contributed by atoms with Gasteiger partial charge in [0.2, 0.25) is 5.88 Å². The number of hydrogen-bond acceptors (Lipinski definition) is 5. The molecule has 3 heterocycles. The highest BCUT2D eigenvalue weighted by Crippen LogP contribution is 2.51. The molecule has 0 saturated carbocycles. The van der Waals surface area contributed by atoms with Crippen molar-refractivity contribution in [1.29, 1.82) is 0 Å². The van der Waals surface area contributed by atoms with Crippen molar-refractivity contribution in [3.05, 3.63) is 120 Å². The number of hydrogen-bond donors (Lipinski definition) is 0. The Balaban J connectivity index is 1.39. The minimum atomic E-state index is 0.0621. The Labute approximate surface area is 214 Å². The van der Waals surface area contributed by atoms with Crippen molar-refractivity contribution in [3.8, 4) is 28.6 Å². The fraction of sp³-hybridized carbons (Fsp3) is 0.129. The van der Waals surface area contributed by atoms with Crippen LogP contribution in [0.25, 0.3) is 16.9 Å². The summed E-state index contributed by atoms with van der Waals surface area (Å²) in [6.45, 7) is 1.15. The lowest BCUT2D eigenvalue weighted by Crippen LogP contribution is -2.35. The fourth-order valence-corrected chi connectivity index (χ4v) is 5.24. The first-order valence-corrected chi connectivity index (χ1v) is 12.5. The van der Waals surface area contributed by atoms with Gasteiger partial charge in [0, 0.05) is 23.0 Å². The largest absolute Gasteiger partial charge is 0.493 e. The highest BCUT2D eigenvalue weighted by atomic mass is 16.5. The van der Waals surface area contributed by atoms with Gasteiger partial charge in [0.15, 0.2) is 0 Å². The molecule has 0 radical (unpaired) electrons. The van der Waals surface area contributed by atoms with Gasteiger partial charge in [-0.05, 0) is 42.5 Å². The Kier molecular flexibility index (Phi) is 5.28. The Bertz CT molecular complexity index is 1580. The predicted molar refractivity (Wildman–Crippen MR) is 142 cm³/mol. The molecule has 0 aliphatic carbocycles. The summed E-state index contributed by atoms with van der Waals surface area (Å²) in [5, 5.41) is 14.1. The van der Waals surface area contributed by atoms with E-state index in [0.717, 1.165) is 51.1 Å². The third-order valence-corrected chi connectivity index (χ3v) is 6.96. The van der Waals surface area contributed by atoms with E-state index in [0.29, 0.717) is 13.2 Å². The first kappa shape index (κ1) is 21.6. The van der Waals surface area contributed by atoms with Crippen LogP contribution in [-0.2, 0) is 0 Å². The van der Waals surface area contributed by atoms with Crippen LogP contribution >= 0.6 is 0 Å². The van der Waals surface area contributed by atoms with Gasteiger partial charge in [0.25, 0.3) is 0 Å². The summed E-state index contributed by atoms with van der Waals surface area (Å²) in [6.07, 6.45) is 0. The van der Waals surface area contributed by atoms with Crippen LogP contribution in [0.4, 0.5) is 11.4 Å². The van der Waals surface area contributed by atoms with Crippen LogP contribution in [-0.4, -0.2) is 23.0 Å². The van der Waals surface area contributed by atoms with Crippen molar-refractivity contribution in [2.24, 2.45) is 16.1 Å². The average Bonchev–Trinajstić information content (AvgIpc) is 3.37. The molecule has 0 amide bonds. The van der Waals surface area contributed by atoms with E-state index in [4.69, 9.17) is 14.6 Å². The molecule has 6 nitrogen and oxygen atoms in total. The molecule has 0 unspecified atom stereocenters. The summed E-state index contributed by atoms with van der Waals surface area (Å²) >= 11 is 0. The maximum atomic E-state index is 6.41. The van der Waals surface area contributed by atoms with Gasteiger partial charge in [0.1, 0.15) is 11.4 Å². The Morgan fingerprint density at radius 1 is 0.703 bits per heavy atom. The standard InChI is InChI=1S/C31H24N4O2/c1-4-10-21(11-5-1)30-29-28-22(20-37-31(29)35(34-30)25-14-8-3-9-15-25)19-36-27-17-16-24(18-26(27)28)33-32-23-12-6-2-7-13-23/h1-18,22,28H,19-20H2/t22-,28+/m0/s1. The van der Waals surface area contributed by atoms with E-state index in [1.54, 1.807) is 0 Å². The van der Waals surface area contributed by atoms with E-state index in [-0.39, 0.29) is 11.8 Å². The maximum absolute atomic E-state index is 6.41. The van der Waals surface area contributed by atoms with Gasteiger partial charge in [-0.25, -0.2) is 4.68 Å². The molecule has 4 aromatic carbocycles. The zero-order chi connectivity index (χ0) is 24.6. The zero-order valence-corrected chi connectivity index (χ0v) is 20.1. The van der Waals surface area contributed by atoms with E-state index in [1.165, 1.54) is 0 Å². The van der Waals surface area contributed by atoms with E-state index < -0.39 is 0 Å². The Hall–Kier alpha value is -4.71. The maximum Gasteiger partial charge on any atom is 0.221 e. The summed E-state index contributed by atoms with van der Waals surface area (Å²) < 4.78 is 14.5. The molecule has 7 rings (SSSR count). The SMILES string of the molecule is c1ccc(N=Nc2ccc3c(c2)[C@@H]2c4c(-c5ccccc5)nn(-c5ccccc5)c4OC[C@@H]2CO3)cc1. The number of azo groups is 1. The molecule has 6 heteroatoms. The van der Waals surface area contributed by atoms with Gasteiger partial charge in [-0.2, -0.15) is 15.3 Å². The average molecular weight is 485 g/mol. The highest BCUT2D eigenvalue weighted by molar-refractivity contribution is 5.70. The number of aromatic nitrogens is 2. The van der Waals surface area contributed by atoms with E-state index >= 15 is 0 Å². The number of benzene rings is 4. The lowest BCUT2D eigenvalue weighted by Gasteiger charge is -2.37.